The van der Waals surface area contributed by atoms with Crippen LogP contribution in [-0.4, -0.2) is 51.9 Å². The summed E-state index contributed by atoms with van der Waals surface area (Å²) >= 11 is 0. The van der Waals surface area contributed by atoms with Gasteiger partial charge in [-0.1, -0.05) is 12.1 Å². The number of nitriles is 1. The molecule has 0 bridgehead atoms. The number of allylic oxidation sites excluding steroid dienone is 1. The van der Waals surface area contributed by atoms with Crippen LogP contribution >= 0.6 is 0 Å². The number of benzene rings is 2. The summed E-state index contributed by atoms with van der Waals surface area (Å²) in [4.78, 5) is 40.8. The number of amides is 2. The fourth-order valence-corrected chi connectivity index (χ4v) is 3.72. The van der Waals surface area contributed by atoms with Crippen molar-refractivity contribution in [1.82, 2.24) is 31.1 Å². The number of ketones is 1. The summed E-state index contributed by atoms with van der Waals surface area (Å²) < 4.78 is 1.44. The highest BCUT2D eigenvalue weighted by molar-refractivity contribution is 6.04. The van der Waals surface area contributed by atoms with Crippen molar-refractivity contribution in [3.05, 3.63) is 71.8 Å². The first-order chi connectivity index (χ1) is 16.9. The molecule has 0 unspecified atom stereocenters. The number of carbonyl (C=O) groups is 3. The first-order valence-corrected chi connectivity index (χ1v) is 10.6. The van der Waals surface area contributed by atoms with Crippen molar-refractivity contribution in [3.63, 3.8) is 0 Å². The molecule has 176 valence electrons. The van der Waals surface area contributed by atoms with E-state index >= 15 is 0 Å². The summed E-state index contributed by atoms with van der Waals surface area (Å²) in [6, 6.07) is 15.9. The zero-order chi connectivity index (χ0) is 24.9. The Kier molecular flexibility index (Phi) is 6.50. The molecule has 1 aliphatic rings. The van der Waals surface area contributed by atoms with Crippen LogP contribution in [0.3, 0.4) is 0 Å². The number of carbonyl (C=O) groups excluding carboxylic acids is 3. The van der Waals surface area contributed by atoms with Gasteiger partial charge in [0.15, 0.2) is 5.78 Å². The van der Waals surface area contributed by atoms with Crippen molar-refractivity contribution < 1.29 is 14.4 Å². The van der Waals surface area contributed by atoms with E-state index in [1.807, 2.05) is 30.3 Å². The third-order valence-corrected chi connectivity index (χ3v) is 5.49. The lowest BCUT2D eigenvalue weighted by Crippen LogP contribution is -2.41. The molecule has 12 heteroatoms. The molecule has 0 fully saturated rings. The van der Waals surface area contributed by atoms with Gasteiger partial charge in [-0.2, -0.15) is 5.26 Å². The van der Waals surface area contributed by atoms with Crippen LogP contribution in [0.25, 0.3) is 5.69 Å². The Balaban J connectivity index is 1.32. The lowest BCUT2D eigenvalue weighted by Gasteiger charge is -2.19. The second-order valence-electron chi connectivity index (χ2n) is 7.64. The number of aromatic nitrogens is 4. The van der Waals surface area contributed by atoms with Gasteiger partial charge in [-0.3, -0.25) is 25.2 Å². The molecule has 0 radical (unpaired) electrons. The number of nitrogens with zero attached hydrogens (tertiary/aromatic N) is 7. The number of fused-ring (bicyclic) bond motifs is 1. The van der Waals surface area contributed by atoms with E-state index in [2.05, 4.69) is 26.4 Å². The monoisotopic (exact) mass is 471 g/mol. The number of hydrogen-bond acceptors (Lipinski definition) is 9. The molecular weight excluding hydrogens is 450 g/mol. The summed E-state index contributed by atoms with van der Waals surface area (Å²) in [6.45, 7) is 0. The zero-order valence-corrected chi connectivity index (χ0v) is 19.0. The maximum absolute atomic E-state index is 12.8. The SMILES string of the molecule is CN1C(=C(C#N)C(=O)CCC(=O)NNC(=O)c2ccc(-n3cnnn3)cc2)N(C)c2ccccc21. The predicted octanol–water partition coefficient (Wildman–Crippen LogP) is 1.09. The van der Waals surface area contributed by atoms with E-state index in [-0.39, 0.29) is 18.4 Å². The van der Waals surface area contributed by atoms with Crippen LogP contribution in [0.4, 0.5) is 11.4 Å². The van der Waals surface area contributed by atoms with Gasteiger partial charge >= 0.3 is 0 Å². The molecule has 1 aromatic heterocycles. The largest absolute Gasteiger partial charge is 0.328 e. The number of hydrogen-bond donors (Lipinski definition) is 2. The minimum absolute atomic E-state index is 0.0364. The highest BCUT2D eigenvalue weighted by atomic mass is 16.2. The smallest absolute Gasteiger partial charge is 0.269 e. The molecule has 35 heavy (non-hydrogen) atoms. The van der Waals surface area contributed by atoms with Crippen molar-refractivity contribution >= 4 is 29.0 Å². The third kappa shape index (κ3) is 4.69. The van der Waals surface area contributed by atoms with E-state index in [4.69, 9.17) is 0 Å². The van der Waals surface area contributed by atoms with Gasteiger partial charge in [-0.05, 0) is 46.8 Å². The molecule has 1 aliphatic heterocycles. The van der Waals surface area contributed by atoms with Gasteiger partial charge in [0.25, 0.3) is 5.91 Å². The number of anilines is 2. The third-order valence-electron chi connectivity index (χ3n) is 5.49. The van der Waals surface area contributed by atoms with E-state index in [1.54, 1.807) is 48.2 Å². The first-order valence-electron chi connectivity index (χ1n) is 10.6. The number of tetrazole rings is 1. The second-order valence-corrected chi connectivity index (χ2v) is 7.64. The zero-order valence-electron chi connectivity index (χ0n) is 19.0. The molecule has 0 spiro atoms. The fourth-order valence-electron chi connectivity index (χ4n) is 3.72. The van der Waals surface area contributed by atoms with Crippen molar-refractivity contribution in [1.29, 1.82) is 5.26 Å². The molecule has 12 nitrogen and oxygen atoms in total. The van der Waals surface area contributed by atoms with Crippen molar-refractivity contribution in [2.24, 2.45) is 0 Å². The molecule has 2 N–H and O–H groups in total. The van der Waals surface area contributed by atoms with E-state index < -0.39 is 17.6 Å². The fraction of sp³-hybridized carbons (Fsp3) is 0.174. The quantitative estimate of drug-likeness (QED) is 0.306. The van der Waals surface area contributed by atoms with E-state index in [1.165, 1.54) is 11.0 Å². The van der Waals surface area contributed by atoms with Gasteiger partial charge in [0.05, 0.1) is 17.1 Å². The van der Waals surface area contributed by atoms with Gasteiger partial charge in [0, 0.05) is 32.5 Å². The van der Waals surface area contributed by atoms with Gasteiger partial charge in [0.1, 0.15) is 23.8 Å². The number of para-hydroxylation sites is 2. The van der Waals surface area contributed by atoms with E-state index in [9.17, 15) is 19.6 Å². The van der Waals surface area contributed by atoms with Gasteiger partial charge in [-0.15, -0.1) is 5.10 Å². The van der Waals surface area contributed by atoms with Crippen LogP contribution in [0.15, 0.2) is 66.3 Å². The summed E-state index contributed by atoms with van der Waals surface area (Å²) in [6.07, 6.45) is 1.04. The number of Topliss-reactive ketones (excluding diaryl/α,β-unsaturated/α-hetero) is 1. The Hall–Kier alpha value is -5.05. The molecule has 0 atom stereocenters. The van der Waals surface area contributed by atoms with Crippen molar-refractivity contribution in [2.45, 2.75) is 12.8 Å². The lowest BCUT2D eigenvalue weighted by molar-refractivity contribution is -0.124. The Morgan fingerprint density at radius 1 is 0.943 bits per heavy atom. The minimum Gasteiger partial charge on any atom is -0.328 e. The maximum atomic E-state index is 12.8. The van der Waals surface area contributed by atoms with Crippen LogP contribution in [0.1, 0.15) is 23.2 Å². The molecule has 3 aromatic rings. The molecule has 4 rings (SSSR count). The van der Waals surface area contributed by atoms with Gasteiger partial charge < -0.3 is 9.80 Å². The van der Waals surface area contributed by atoms with Gasteiger partial charge in [-0.25, -0.2) is 4.68 Å². The molecule has 0 saturated heterocycles. The normalized spacial score (nSPS) is 12.1. The van der Waals surface area contributed by atoms with Crippen LogP contribution < -0.4 is 20.7 Å². The predicted molar refractivity (Wildman–Crippen MR) is 125 cm³/mol. The Morgan fingerprint density at radius 2 is 1.60 bits per heavy atom. The second kappa shape index (κ2) is 9.84. The van der Waals surface area contributed by atoms with Crippen LogP contribution in [-0.2, 0) is 9.59 Å². The van der Waals surface area contributed by atoms with Crippen LogP contribution in [0.5, 0.6) is 0 Å². The van der Waals surface area contributed by atoms with E-state index in [0.717, 1.165) is 11.4 Å². The van der Waals surface area contributed by atoms with Gasteiger partial charge in [0.2, 0.25) is 5.91 Å². The first kappa shape index (κ1) is 23.1. The topological polar surface area (TPSA) is 149 Å². The highest BCUT2D eigenvalue weighted by Gasteiger charge is 2.31. The number of rotatable bonds is 6. The Bertz CT molecular complexity index is 1310. The standard InChI is InChI=1S/C23H21N9O3/c1-30-18-5-3-4-6-19(18)31(2)23(30)17(13-24)20(33)11-12-21(34)26-27-22(35)15-7-9-16(10-8-15)32-14-25-28-29-32/h3-10,14H,11-12H2,1-2H3,(H,26,34)(H,27,35). The summed E-state index contributed by atoms with van der Waals surface area (Å²) in [5, 5.41) is 20.5. The molecule has 0 saturated carbocycles. The minimum atomic E-state index is -0.560. The maximum Gasteiger partial charge on any atom is 0.269 e. The Labute approximate surface area is 200 Å². The number of nitrogens with one attached hydrogen (secondary N) is 2. The van der Waals surface area contributed by atoms with Crippen molar-refractivity contribution in [2.75, 3.05) is 23.9 Å². The average Bonchev–Trinajstić information content (AvgIpc) is 3.50. The highest BCUT2D eigenvalue weighted by Crippen LogP contribution is 2.40. The summed E-state index contributed by atoms with van der Waals surface area (Å²) in [5.74, 6) is -1.10. The summed E-state index contributed by atoms with van der Waals surface area (Å²) in [5.41, 5.74) is 7.28. The van der Waals surface area contributed by atoms with Crippen molar-refractivity contribution in [3.8, 4) is 11.8 Å². The number of hydrazine groups is 1. The van der Waals surface area contributed by atoms with E-state index in [0.29, 0.717) is 17.1 Å². The molecular formula is C23H21N9O3. The molecule has 2 amide bonds. The van der Waals surface area contributed by atoms with Crippen LogP contribution in [0.2, 0.25) is 0 Å². The Morgan fingerprint density at radius 3 is 2.17 bits per heavy atom. The van der Waals surface area contributed by atoms with Crippen LogP contribution in [0, 0.1) is 11.3 Å². The molecule has 2 aromatic carbocycles. The lowest BCUT2D eigenvalue weighted by atomic mass is 10.1. The molecule has 0 aliphatic carbocycles. The molecule has 2 heterocycles. The average molecular weight is 471 g/mol. The summed E-state index contributed by atoms with van der Waals surface area (Å²) in [7, 11) is 3.56.